The van der Waals surface area contributed by atoms with Gasteiger partial charge >= 0.3 is 5.97 Å². The number of ether oxygens (including phenoxy) is 1. The molecule has 3 aliphatic heterocycles. The van der Waals surface area contributed by atoms with Crippen molar-refractivity contribution < 1.29 is 14.3 Å². The van der Waals surface area contributed by atoms with Crippen LogP contribution < -0.4 is 4.90 Å². The molecule has 1 fully saturated rings. The van der Waals surface area contributed by atoms with Crippen molar-refractivity contribution in [1.29, 1.82) is 0 Å². The van der Waals surface area contributed by atoms with Crippen LogP contribution in [-0.2, 0) is 27.3 Å². The standard InChI is InChI=1S/C23H24N2O3/c1-2-28-22(27)23-15-24(13-16-7-4-3-5-8-16)14-19(23)18-10-6-9-17-11-12-25(20(17)18)21(23)26/h3-10,19H,2,11-15H2,1H3/t19-,23+/m1/s1. The topological polar surface area (TPSA) is 49.9 Å². The minimum Gasteiger partial charge on any atom is -0.465 e. The summed E-state index contributed by atoms with van der Waals surface area (Å²) >= 11 is 0. The van der Waals surface area contributed by atoms with Crippen LogP contribution in [0.25, 0.3) is 0 Å². The first-order valence-electron chi connectivity index (χ1n) is 10.0. The highest BCUT2D eigenvalue weighted by Gasteiger charge is 2.64. The molecule has 2 aromatic carbocycles. The molecule has 0 aromatic heterocycles. The third-order valence-electron chi connectivity index (χ3n) is 6.42. The van der Waals surface area contributed by atoms with Gasteiger partial charge in [-0.3, -0.25) is 14.5 Å². The highest BCUT2D eigenvalue weighted by Crippen LogP contribution is 2.54. The molecule has 0 radical (unpaired) electrons. The molecule has 2 atom stereocenters. The molecule has 5 nitrogen and oxygen atoms in total. The smallest absolute Gasteiger partial charge is 0.323 e. The van der Waals surface area contributed by atoms with Crippen LogP contribution in [0, 0.1) is 5.41 Å². The number of carbonyl (C=O) groups excluding carboxylic acids is 2. The maximum atomic E-state index is 13.7. The van der Waals surface area contributed by atoms with E-state index in [2.05, 4.69) is 35.2 Å². The minimum atomic E-state index is -1.14. The quantitative estimate of drug-likeness (QED) is 0.608. The molecule has 0 spiro atoms. The third kappa shape index (κ3) is 2.35. The van der Waals surface area contributed by atoms with E-state index in [-0.39, 0.29) is 24.4 Å². The first-order chi connectivity index (χ1) is 13.6. The fourth-order valence-corrected chi connectivity index (χ4v) is 5.25. The van der Waals surface area contributed by atoms with Gasteiger partial charge in [-0.1, -0.05) is 48.5 Å². The van der Waals surface area contributed by atoms with E-state index >= 15 is 0 Å². The SMILES string of the molecule is CCOC(=O)[C@@]12CN(Cc3ccccc3)C[C@@H]1c1cccc3c1N(CC3)C2=O. The molecule has 1 amide bonds. The van der Waals surface area contributed by atoms with E-state index in [1.165, 1.54) is 11.1 Å². The van der Waals surface area contributed by atoms with Gasteiger partial charge in [-0.25, -0.2) is 0 Å². The Bertz CT molecular complexity index is 942. The van der Waals surface area contributed by atoms with E-state index in [1.807, 2.05) is 23.1 Å². The second kappa shape index (κ2) is 6.45. The lowest BCUT2D eigenvalue weighted by Gasteiger charge is -2.40. The van der Waals surface area contributed by atoms with Crippen molar-refractivity contribution in [3.8, 4) is 0 Å². The number of anilines is 1. The number of para-hydroxylation sites is 1. The zero-order chi connectivity index (χ0) is 19.3. The molecular weight excluding hydrogens is 352 g/mol. The van der Waals surface area contributed by atoms with Gasteiger partial charge in [0.2, 0.25) is 5.91 Å². The Kier molecular flexibility index (Phi) is 4.02. The number of hydrogen-bond acceptors (Lipinski definition) is 4. The Hall–Kier alpha value is -2.66. The van der Waals surface area contributed by atoms with E-state index in [4.69, 9.17) is 4.74 Å². The first kappa shape index (κ1) is 17.4. The summed E-state index contributed by atoms with van der Waals surface area (Å²) in [5, 5.41) is 0. The zero-order valence-electron chi connectivity index (χ0n) is 16.1. The fraction of sp³-hybridized carbons (Fsp3) is 0.391. The third-order valence-corrected chi connectivity index (χ3v) is 6.42. The lowest BCUT2D eigenvalue weighted by Crippen LogP contribution is -2.56. The van der Waals surface area contributed by atoms with Crippen molar-refractivity contribution in [2.24, 2.45) is 5.41 Å². The normalized spacial score (nSPS) is 25.5. The average molecular weight is 376 g/mol. The summed E-state index contributed by atoms with van der Waals surface area (Å²) in [6.45, 7) is 4.55. The molecule has 5 heteroatoms. The number of nitrogens with zero attached hydrogens (tertiary/aromatic N) is 2. The number of likely N-dealkylation sites (tertiary alicyclic amines) is 1. The number of amides is 1. The molecule has 0 aliphatic carbocycles. The average Bonchev–Trinajstić information content (AvgIpc) is 3.31. The molecule has 0 bridgehead atoms. The molecule has 28 heavy (non-hydrogen) atoms. The van der Waals surface area contributed by atoms with Gasteiger partial charge in [-0.05, 0) is 30.0 Å². The molecule has 144 valence electrons. The molecule has 0 saturated carbocycles. The predicted octanol–water partition coefficient (Wildman–Crippen LogP) is 2.74. The van der Waals surface area contributed by atoms with Crippen LogP contribution in [-0.4, -0.2) is 43.0 Å². The van der Waals surface area contributed by atoms with Crippen molar-refractivity contribution in [3.05, 3.63) is 65.2 Å². The molecule has 0 N–H and O–H groups in total. The van der Waals surface area contributed by atoms with E-state index in [9.17, 15) is 9.59 Å². The molecule has 1 saturated heterocycles. The lowest BCUT2D eigenvalue weighted by molar-refractivity contribution is -0.160. The fourth-order valence-electron chi connectivity index (χ4n) is 5.25. The predicted molar refractivity (Wildman–Crippen MR) is 106 cm³/mol. The summed E-state index contributed by atoms with van der Waals surface area (Å²) in [6, 6.07) is 16.5. The van der Waals surface area contributed by atoms with Crippen molar-refractivity contribution in [2.45, 2.75) is 25.8 Å². The summed E-state index contributed by atoms with van der Waals surface area (Å²) in [7, 11) is 0. The Balaban J connectivity index is 1.59. The summed E-state index contributed by atoms with van der Waals surface area (Å²) in [5.41, 5.74) is 3.42. The van der Waals surface area contributed by atoms with Gasteiger partial charge in [0.25, 0.3) is 0 Å². The van der Waals surface area contributed by atoms with E-state index < -0.39 is 5.41 Å². The number of benzene rings is 2. The van der Waals surface area contributed by atoms with Gasteiger partial charge in [-0.2, -0.15) is 0 Å². The monoisotopic (exact) mass is 376 g/mol. The largest absolute Gasteiger partial charge is 0.465 e. The maximum absolute atomic E-state index is 13.7. The van der Waals surface area contributed by atoms with Crippen molar-refractivity contribution in [1.82, 2.24) is 4.90 Å². The van der Waals surface area contributed by atoms with Crippen molar-refractivity contribution in [2.75, 3.05) is 31.1 Å². The van der Waals surface area contributed by atoms with Crippen LogP contribution in [0.4, 0.5) is 5.69 Å². The summed E-state index contributed by atoms with van der Waals surface area (Å²) < 4.78 is 5.47. The molecule has 3 heterocycles. The van der Waals surface area contributed by atoms with Gasteiger partial charge in [0, 0.05) is 32.1 Å². The maximum Gasteiger partial charge on any atom is 0.323 e. The highest BCUT2D eigenvalue weighted by molar-refractivity contribution is 6.15. The minimum absolute atomic E-state index is 0.0797. The van der Waals surface area contributed by atoms with Crippen LogP contribution in [0.1, 0.15) is 29.5 Å². The van der Waals surface area contributed by atoms with E-state index in [1.54, 1.807) is 6.92 Å². The number of fused-ring (bicyclic) bond motifs is 2. The van der Waals surface area contributed by atoms with E-state index in [0.29, 0.717) is 19.6 Å². The Morgan fingerprint density at radius 3 is 2.79 bits per heavy atom. The van der Waals surface area contributed by atoms with Crippen LogP contribution >= 0.6 is 0 Å². The van der Waals surface area contributed by atoms with E-state index in [0.717, 1.165) is 24.2 Å². The number of carbonyl (C=O) groups is 2. The second-order valence-corrected chi connectivity index (χ2v) is 7.96. The summed E-state index contributed by atoms with van der Waals surface area (Å²) in [5.74, 6) is -0.612. The molecule has 3 aliphatic rings. The van der Waals surface area contributed by atoms with Crippen LogP contribution in [0.15, 0.2) is 48.5 Å². The van der Waals surface area contributed by atoms with Crippen molar-refractivity contribution >= 4 is 17.6 Å². The zero-order valence-corrected chi connectivity index (χ0v) is 16.1. The molecular formula is C23H24N2O3. The Labute approximate surface area is 164 Å². The first-order valence-corrected chi connectivity index (χ1v) is 10.0. The molecule has 5 rings (SSSR count). The summed E-state index contributed by atoms with van der Waals surface area (Å²) in [6.07, 6.45) is 0.855. The van der Waals surface area contributed by atoms with Gasteiger partial charge in [0.05, 0.1) is 12.3 Å². The van der Waals surface area contributed by atoms with Crippen LogP contribution in [0.5, 0.6) is 0 Å². The van der Waals surface area contributed by atoms with Gasteiger partial charge in [0.15, 0.2) is 5.41 Å². The Morgan fingerprint density at radius 2 is 2.00 bits per heavy atom. The van der Waals surface area contributed by atoms with Gasteiger partial charge in [0.1, 0.15) is 0 Å². The van der Waals surface area contributed by atoms with Crippen LogP contribution in [0.3, 0.4) is 0 Å². The second-order valence-electron chi connectivity index (χ2n) is 7.96. The molecule has 2 aromatic rings. The number of rotatable bonds is 4. The summed E-state index contributed by atoms with van der Waals surface area (Å²) in [4.78, 5) is 30.9. The molecule has 0 unspecified atom stereocenters. The number of hydrogen-bond donors (Lipinski definition) is 0. The highest BCUT2D eigenvalue weighted by atomic mass is 16.5. The number of esters is 1. The van der Waals surface area contributed by atoms with Gasteiger partial charge < -0.3 is 9.64 Å². The van der Waals surface area contributed by atoms with Crippen LogP contribution in [0.2, 0.25) is 0 Å². The lowest BCUT2D eigenvalue weighted by atomic mass is 9.70. The van der Waals surface area contributed by atoms with Gasteiger partial charge in [-0.15, -0.1) is 0 Å². The van der Waals surface area contributed by atoms with Crippen molar-refractivity contribution in [3.63, 3.8) is 0 Å². The Morgan fingerprint density at radius 1 is 1.18 bits per heavy atom.